The summed E-state index contributed by atoms with van der Waals surface area (Å²) in [4.78, 5) is 12.0. The first kappa shape index (κ1) is 15.1. The van der Waals surface area contributed by atoms with Crippen LogP contribution in [0.1, 0.15) is 28.4 Å². The summed E-state index contributed by atoms with van der Waals surface area (Å²) in [5, 5.41) is 2.31. The van der Waals surface area contributed by atoms with Gasteiger partial charge in [-0.15, -0.1) is 0 Å². The summed E-state index contributed by atoms with van der Waals surface area (Å²) in [5.41, 5.74) is 0.282. The molecule has 21 heavy (non-hydrogen) atoms. The zero-order chi connectivity index (χ0) is 15.5. The van der Waals surface area contributed by atoms with E-state index in [4.69, 9.17) is 0 Å². The van der Waals surface area contributed by atoms with E-state index in [2.05, 4.69) is 5.32 Å². The molecule has 2 nitrogen and oxygen atoms in total. The van der Waals surface area contributed by atoms with E-state index < -0.39 is 17.6 Å². The van der Waals surface area contributed by atoms with Gasteiger partial charge in [0.2, 0.25) is 0 Å². The summed E-state index contributed by atoms with van der Waals surface area (Å²) in [6, 6.07) is 11.7. The highest BCUT2D eigenvalue weighted by Crippen LogP contribution is 2.34. The molecule has 1 N–H and O–H groups in total. The Labute approximate surface area is 120 Å². The highest BCUT2D eigenvalue weighted by Gasteiger charge is 2.33. The number of anilines is 1. The quantitative estimate of drug-likeness (QED) is 0.885. The minimum absolute atomic E-state index is 0.241. The van der Waals surface area contributed by atoms with E-state index in [9.17, 15) is 18.0 Å². The van der Waals surface area contributed by atoms with Gasteiger partial charge in [-0.1, -0.05) is 31.2 Å². The number of amides is 1. The van der Waals surface area contributed by atoms with Crippen LogP contribution in [0.3, 0.4) is 0 Å². The van der Waals surface area contributed by atoms with Gasteiger partial charge in [-0.05, 0) is 36.2 Å². The summed E-state index contributed by atoms with van der Waals surface area (Å²) in [7, 11) is 0. The Hall–Kier alpha value is -2.30. The van der Waals surface area contributed by atoms with Crippen molar-refractivity contribution in [1.29, 1.82) is 0 Å². The molecule has 1 amide bonds. The number of hydrogen-bond donors (Lipinski definition) is 1. The highest BCUT2D eigenvalue weighted by atomic mass is 19.4. The van der Waals surface area contributed by atoms with E-state index in [1.807, 2.05) is 6.92 Å². The van der Waals surface area contributed by atoms with Crippen molar-refractivity contribution in [2.45, 2.75) is 19.5 Å². The van der Waals surface area contributed by atoms with Crippen LogP contribution < -0.4 is 5.32 Å². The van der Waals surface area contributed by atoms with Gasteiger partial charge in [-0.25, -0.2) is 0 Å². The Kier molecular flexibility index (Phi) is 4.31. The lowest BCUT2D eigenvalue weighted by Crippen LogP contribution is -2.16. The fraction of sp³-hybridized carbons (Fsp3) is 0.188. The second-order valence-electron chi connectivity index (χ2n) is 4.55. The van der Waals surface area contributed by atoms with Gasteiger partial charge in [0.15, 0.2) is 0 Å². The monoisotopic (exact) mass is 293 g/mol. The molecular formula is C16H14F3NO. The van der Waals surface area contributed by atoms with E-state index in [1.54, 1.807) is 24.3 Å². The van der Waals surface area contributed by atoms with Crippen LogP contribution >= 0.6 is 0 Å². The normalized spacial score (nSPS) is 11.2. The minimum Gasteiger partial charge on any atom is -0.321 e. The lowest BCUT2D eigenvalue weighted by molar-refractivity contribution is -0.136. The first-order chi connectivity index (χ1) is 9.91. The molecule has 110 valence electrons. The van der Waals surface area contributed by atoms with Crippen molar-refractivity contribution in [3.63, 3.8) is 0 Å². The molecule has 0 aromatic heterocycles. The molecule has 5 heteroatoms. The van der Waals surface area contributed by atoms with Crippen molar-refractivity contribution in [3.8, 4) is 0 Å². The molecule has 0 unspecified atom stereocenters. The SMILES string of the molecule is CCc1ccc(C(=O)Nc2ccccc2C(F)(F)F)cc1. The zero-order valence-corrected chi connectivity index (χ0v) is 11.4. The Morgan fingerprint density at radius 1 is 1.05 bits per heavy atom. The number of benzene rings is 2. The maximum absolute atomic E-state index is 12.8. The third kappa shape index (κ3) is 3.62. The molecule has 2 aromatic carbocycles. The number of carbonyl (C=O) groups is 1. The number of rotatable bonds is 3. The predicted molar refractivity (Wildman–Crippen MR) is 75.2 cm³/mol. The minimum atomic E-state index is -4.50. The number of aryl methyl sites for hydroxylation is 1. The summed E-state index contributed by atoms with van der Waals surface area (Å²) in [6.07, 6.45) is -3.67. The first-order valence-corrected chi connectivity index (χ1v) is 6.48. The van der Waals surface area contributed by atoms with Crippen LogP contribution in [0.4, 0.5) is 18.9 Å². The molecule has 0 bridgehead atoms. The zero-order valence-electron chi connectivity index (χ0n) is 11.4. The molecule has 0 saturated heterocycles. The molecule has 0 atom stereocenters. The lowest BCUT2D eigenvalue weighted by atomic mass is 10.1. The van der Waals surface area contributed by atoms with E-state index in [0.717, 1.165) is 18.1 Å². The molecule has 0 aliphatic rings. The number of hydrogen-bond acceptors (Lipinski definition) is 1. The first-order valence-electron chi connectivity index (χ1n) is 6.48. The molecule has 0 aliphatic heterocycles. The van der Waals surface area contributed by atoms with E-state index in [0.29, 0.717) is 5.56 Å². The summed E-state index contributed by atoms with van der Waals surface area (Å²) >= 11 is 0. The van der Waals surface area contributed by atoms with Crippen LogP contribution in [0, 0.1) is 0 Å². The van der Waals surface area contributed by atoms with Crippen molar-refractivity contribution >= 4 is 11.6 Å². The van der Waals surface area contributed by atoms with Crippen LogP contribution in [0.5, 0.6) is 0 Å². The number of halogens is 3. The van der Waals surface area contributed by atoms with Gasteiger partial charge in [0.05, 0.1) is 11.3 Å². The van der Waals surface area contributed by atoms with Crippen molar-refractivity contribution in [1.82, 2.24) is 0 Å². The highest BCUT2D eigenvalue weighted by molar-refractivity contribution is 6.04. The Morgan fingerprint density at radius 2 is 1.67 bits per heavy atom. The maximum Gasteiger partial charge on any atom is 0.418 e. The van der Waals surface area contributed by atoms with Gasteiger partial charge >= 0.3 is 6.18 Å². The fourth-order valence-corrected chi connectivity index (χ4v) is 1.93. The molecule has 0 radical (unpaired) electrons. The van der Waals surface area contributed by atoms with Gasteiger partial charge in [-0.2, -0.15) is 13.2 Å². The van der Waals surface area contributed by atoms with E-state index in [1.165, 1.54) is 18.2 Å². The van der Waals surface area contributed by atoms with Crippen LogP contribution in [0.2, 0.25) is 0 Å². The van der Waals surface area contributed by atoms with Crippen molar-refractivity contribution < 1.29 is 18.0 Å². The number of para-hydroxylation sites is 1. The van der Waals surface area contributed by atoms with Crippen LogP contribution in [0.25, 0.3) is 0 Å². The van der Waals surface area contributed by atoms with Crippen LogP contribution in [-0.2, 0) is 12.6 Å². The predicted octanol–water partition coefficient (Wildman–Crippen LogP) is 4.52. The Bertz CT molecular complexity index is 633. The Morgan fingerprint density at radius 3 is 2.24 bits per heavy atom. The van der Waals surface area contributed by atoms with E-state index in [-0.39, 0.29) is 5.69 Å². The average molecular weight is 293 g/mol. The van der Waals surface area contributed by atoms with Gasteiger partial charge in [0, 0.05) is 5.56 Å². The van der Waals surface area contributed by atoms with E-state index >= 15 is 0 Å². The standard InChI is InChI=1S/C16H14F3NO/c1-2-11-7-9-12(10-8-11)15(21)20-14-6-4-3-5-13(14)16(17,18)19/h3-10H,2H2,1H3,(H,20,21). The van der Waals surface area contributed by atoms with Crippen molar-refractivity contribution in [2.24, 2.45) is 0 Å². The molecule has 0 spiro atoms. The fourth-order valence-electron chi connectivity index (χ4n) is 1.93. The van der Waals surface area contributed by atoms with Gasteiger partial charge in [-0.3, -0.25) is 4.79 Å². The smallest absolute Gasteiger partial charge is 0.321 e. The molecule has 2 rings (SSSR count). The van der Waals surface area contributed by atoms with Crippen molar-refractivity contribution in [2.75, 3.05) is 5.32 Å². The molecular weight excluding hydrogens is 279 g/mol. The Balaban J connectivity index is 2.23. The third-order valence-corrected chi connectivity index (χ3v) is 3.11. The topological polar surface area (TPSA) is 29.1 Å². The van der Waals surface area contributed by atoms with Crippen LogP contribution in [0.15, 0.2) is 48.5 Å². The van der Waals surface area contributed by atoms with Crippen LogP contribution in [-0.4, -0.2) is 5.91 Å². The summed E-state index contributed by atoms with van der Waals surface area (Å²) in [5.74, 6) is -0.561. The number of nitrogens with one attached hydrogen (secondary N) is 1. The number of carbonyl (C=O) groups excluding carboxylic acids is 1. The number of alkyl halides is 3. The van der Waals surface area contributed by atoms with Gasteiger partial charge in [0.25, 0.3) is 5.91 Å². The van der Waals surface area contributed by atoms with Gasteiger partial charge in [0.1, 0.15) is 0 Å². The maximum atomic E-state index is 12.8. The molecule has 0 aliphatic carbocycles. The largest absolute Gasteiger partial charge is 0.418 e. The molecule has 2 aromatic rings. The molecule has 0 fully saturated rings. The lowest BCUT2D eigenvalue weighted by Gasteiger charge is -2.13. The molecule has 0 heterocycles. The van der Waals surface area contributed by atoms with Gasteiger partial charge < -0.3 is 5.32 Å². The van der Waals surface area contributed by atoms with Crippen molar-refractivity contribution in [3.05, 3.63) is 65.2 Å². The molecule has 0 saturated carbocycles. The second-order valence-corrected chi connectivity index (χ2v) is 4.55. The third-order valence-electron chi connectivity index (χ3n) is 3.11. The average Bonchev–Trinajstić information content (AvgIpc) is 2.47. The summed E-state index contributed by atoms with van der Waals surface area (Å²) < 4.78 is 38.5. The second kappa shape index (κ2) is 5.99. The summed E-state index contributed by atoms with van der Waals surface area (Å²) in [6.45, 7) is 1.98.